The highest BCUT2D eigenvalue weighted by Gasteiger charge is 2.38. The van der Waals surface area contributed by atoms with Crippen molar-refractivity contribution in [3.05, 3.63) is 72.1 Å². The minimum Gasteiger partial charge on any atom is -0.340 e. The van der Waals surface area contributed by atoms with E-state index in [4.69, 9.17) is 0 Å². The highest BCUT2D eigenvalue weighted by molar-refractivity contribution is 6.24. The van der Waals surface area contributed by atoms with Crippen molar-refractivity contribution < 1.29 is 18.0 Å². The summed E-state index contributed by atoms with van der Waals surface area (Å²) < 4.78 is 38.9. The number of fused-ring (bicyclic) bond motifs is 5. The van der Waals surface area contributed by atoms with E-state index in [1.54, 1.807) is 36.5 Å². The molecule has 1 aromatic carbocycles. The summed E-state index contributed by atoms with van der Waals surface area (Å²) in [5.74, 6) is -1.31. The van der Waals surface area contributed by atoms with Gasteiger partial charge in [-0.2, -0.15) is 13.2 Å². The minimum atomic E-state index is -4.73. The number of aromatic nitrogens is 4. The summed E-state index contributed by atoms with van der Waals surface area (Å²) in [6.07, 6.45) is -0.675. The van der Waals surface area contributed by atoms with E-state index in [1.807, 2.05) is 6.07 Å². The quantitative estimate of drug-likeness (QED) is 0.479. The molecule has 9 heteroatoms. The van der Waals surface area contributed by atoms with Crippen LogP contribution in [-0.4, -0.2) is 25.7 Å². The smallest absolute Gasteiger partial charge is 0.340 e. The van der Waals surface area contributed by atoms with Gasteiger partial charge in [0, 0.05) is 40.8 Å². The number of carbonyl (C=O) groups is 1. The molecule has 5 rings (SSSR count). The largest absolute Gasteiger partial charge is 0.451 e. The van der Waals surface area contributed by atoms with E-state index in [0.717, 1.165) is 6.20 Å². The van der Waals surface area contributed by atoms with Crippen LogP contribution in [0.3, 0.4) is 0 Å². The average Bonchev–Trinajstić information content (AvgIpc) is 3.00. The van der Waals surface area contributed by atoms with Crippen LogP contribution >= 0.6 is 0 Å². The highest BCUT2D eigenvalue weighted by atomic mass is 19.4. The monoisotopic (exact) mass is 393 g/mol. The predicted molar refractivity (Wildman–Crippen MR) is 98.7 cm³/mol. The molecule has 0 fully saturated rings. The first-order chi connectivity index (χ1) is 13.9. The van der Waals surface area contributed by atoms with Crippen molar-refractivity contribution in [1.29, 1.82) is 0 Å². The molecule has 1 aliphatic carbocycles. The van der Waals surface area contributed by atoms with Gasteiger partial charge in [0.15, 0.2) is 0 Å². The minimum absolute atomic E-state index is 0.205. The van der Waals surface area contributed by atoms with Crippen LogP contribution in [0.2, 0.25) is 0 Å². The van der Waals surface area contributed by atoms with E-state index >= 15 is 0 Å². The Balaban J connectivity index is 1.68. The molecular weight excluding hydrogens is 383 g/mol. The normalized spacial score (nSPS) is 12.7. The maximum absolute atomic E-state index is 13.0. The Morgan fingerprint density at radius 2 is 1.76 bits per heavy atom. The standard InChI is InChI=1S/C20H10F3N5O/c21-20(22,23)19-26-8-12-16-11-7-10(27-15-3-1-2-6-24-15)4-5-14(11)25-9-13(16)18(29)17(12)28-19/h1-9H,(H,24,27). The second-order valence-electron chi connectivity index (χ2n) is 6.40. The summed E-state index contributed by atoms with van der Waals surface area (Å²) in [5, 5.41) is 3.76. The molecule has 1 N–H and O–H groups in total. The number of ketones is 1. The first kappa shape index (κ1) is 17.2. The second-order valence-corrected chi connectivity index (χ2v) is 6.40. The summed E-state index contributed by atoms with van der Waals surface area (Å²) in [6, 6.07) is 10.8. The van der Waals surface area contributed by atoms with Gasteiger partial charge in [-0.1, -0.05) is 6.07 Å². The van der Waals surface area contributed by atoms with E-state index in [1.165, 1.54) is 6.20 Å². The number of hydrogen-bond donors (Lipinski definition) is 1. The van der Waals surface area contributed by atoms with E-state index in [9.17, 15) is 18.0 Å². The Labute approximate surface area is 161 Å². The summed E-state index contributed by atoms with van der Waals surface area (Å²) in [7, 11) is 0. The van der Waals surface area contributed by atoms with Gasteiger partial charge in [0.05, 0.1) is 11.1 Å². The second kappa shape index (κ2) is 6.06. The highest BCUT2D eigenvalue weighted by Crippen LogP contribution is 2.41. The lowest BCUT2D eigenvalue weighted by molar-refractivity contribution is -0.145. The molecule has 0 aliphatic heterocycles. The van der Waals surface area contributed by atoms with Crippen LogP contribution < -0.4 is 5.32 Å². The fourth-order valence-corrected chi connectivity index (χ4v) is 3.32. The molecule has 3 heterocycles. The number of alkyl halides is 3. The number of pyridine rings is 2. The number of nitrogens with zero attached hydrogens (tertiary/aromatic N) is 4. The molecule has 29 heavy (non-hydrogen) atoms. The predicted octanol–water partition coefficient (Wildman–Crippen LogP) is 4.39. The van der Waals surface area contributed by atoms with Crippen molar-refractivity contribution in [2.45, 2.75) is 6.18 Å². The molecule has 0 atom stereocenters. The number of halogens is 3. The Hall–Kier alpha value is -3.88. The Bertz CT molecular complexity index is 1290. The van der Waals surface area contributed by atoms with Crippen LogP contribution in [0.15, 0.2) is 55.0 Å². The molecule has 0 saturated heterocycles. The van der Waals surface area contributed by atoms with Gasteiger partial charge in [0.25, 0.3) is 0 Å². The number of carbonyl (C=O) groups excluding carboxylic acids is 1. The molecule has 0 unspecified atom stereocenters. The molecule has 0 spiro atoms. The lowest BCUT2D eigenvalue weighted by Gasteiger charge is -2.09. The lowest BCUT2D eigenvalue weighted by Crippen LogP contribution is -2.13. The molecular formula is C20H10F3N5O. The summed E-state index contributed by atoms with van der Waals surface area (Å²) in [5.41, 5.74) is 1.97. The third kappa shape index (κ3) is 2.78. The van der Waals surface area contributed by atoms with E-state index in [-0.39, 0.29) is 16.8 Å². The van der Waals surface area contributed by atoms with Gasteiger partial charge in [0.1, 0.15) is 11.5 Å². The lowest BCUT2D eigenvalue weighted by atomic mass is 10.0. The van der Waals surface area contributed by atoms with Crippen molar-refractivity contribution in [2.75, 3.05) is 5.32 Å². The van der Waals surface area contributed by atoms with E-state index in [0.29, 0.717) is 28.0 Å². The molecule has 4 aromatic rings. The van der Waals surface area contributed by atoms with Crippen LogP contribution in [-0.2, 0) is 6.18 Å². The van der Waals surface area contributed by atoms with Gasteiger partial charge in [0.2, 0.25) is 11.6 Å². The molecule has 6 nitrogen and oxygen atoms in total. The molecule has 3 aromatic heterocycles. The third-order valence-corrected chi connectivity index (χ3v) is 4.58. The van der Waals surface area contributed by atoms with Crippen LogP contribution in [0.1, 0.15) is 21.9 Å². The first-order valence-corrected chi connectivity index (χ1v) is 8.52. The van der Waals surface area contributed by atoms with Crippen LogP contribution in [0.25, 0.3) is 22.0 Å². The number of hydrogen-bond acceptors (Lipinski definition) is 6. The van der Waals surface area contributed by atoms with Crippen LogP contribution in [0, 0.1) is 0 Å². The fourth-order valence-electron chi connectivity index (χ4n) is 3.32. The summed E-state index contributed by atoms with van der Waals surface area (Å²) in [4.78, 5) is 28.0. The first-order valence-electron chi connectivity index (χ1n) is 8.52. The maximum Gasteiger partial charge on any atom is 0.451 e. The maximum atomic E-state index is 13.0. The molecule has 0 amide bonds. The van der Waals surface area contributed by atoms with E-state index < -0.39 is 17.8 Å². The van der Waals surface area contributed by atoms with Crippen LogP contribution in [0.4, 0.5) is 24.7 Å². The van der Waals surface area contributed by atoms with Crippen molar-refractivity contribution in [3.63, 3.8) is 0 Å². The van der Waals surface area contributed by atoms with Crippen molar-refractivity contribution in [2.24, 2.45) is 0 Å². The summed E-state index contributed by atoms with van der Waals surface area (Å²) >= 11 is 0. The van der Waals surface area contributed by atoms with Gasteiger partial charge in [-0.25, -0.2) is 15.0 Å². The Morgan fingerprint density at radius 3 is 2.52 bits per heavy atom. The van der Waals surface area contributed by atoms with Crippen LogP contribution in [0.5, 0.6) is 0 Å². The average molecular weight is 393 g/mol. The zero-order valence-electron chi connectivity index (χ0n) is 14.5. The Kier molecular flexibility index (Phi) is 3.60. The summed E-state index contributed by atoms with van der Waals surface area (Å²) in [6.45, 7) is 0. The van der Waals surface area contributed by atoms with Crippen molar-refractivity contribution >= 4 is 28.2 Å². The van der Waals surface area contributed by atoms with Crippen molar-refractivity contribution in [3.8, 4) is 11.1 Å². The topological polar surface area (TPSA) is 80.7 Å². The molecule has 0 saturated carbocycles. The molecule has 142 valence electrons. The SMILES string of the molecule is O=C1c2cnc3ccc(Nc4ccccn4)cc3c2-c2cnc(C(F)(F)F)nc21. The number of nitrogens with one attached hydrogen (secondary N) is 1. The van der Waals surface area contributed by atoms with Crippen molar-refractivity contribution in [1.82, 2.24) is 19.9 Å². The van der Waals surface area contributed by atoms with Gasteiger partial charge in [-0.15, -0.1) is 0 Å². The van der Waals surface area contributed by atoms with Gasteiger partial charge in [-0.05, 0) is 30.3 Å². The molecule has 1 aliphatic rings. The molecule has 0 bridgehead atoms. The molecule has 0 radical (unpaired) electrons. The van der Waals surface area contributed by atoms with E-state index in [2.05, 4.69) is 25.3 Å². The van der Waals surface area contributed by atoms with Gasteiger partial charge >= 0.3 is 6.18 Å². The number of benzene rings is 1. The van der Waals surface area contributed by atoms with Gasteiger partial charge in [-0.3, -0.25) is 9.78 Å². The third-order valence-electron chi connectivity index (χ3n) is 4.58. The zero-order valence-corrected chi connectivity index (χ0v) is 14.5. The van der Waals surface area contributed by atoms with Gasteiger partial charge < -0.3 is 5.32 Å². The Morgan fingerprint density at radius 1 is 0.931 bits per heavy atom. The number of anilines is 2. The number of rotatable bonds is 2. The fraction of sp³-hybridized carbons (Fsp3) is 0.0500. The zero-order chi connectivity index (χ0) is 20.2.